The fourth-order valence-corrected chi connectivity index (χ4v) is 4.42. The highest BCUT2D eigenvalue weighted by molar-refractivity contribution is 5.82. The van der Waals surface area contributed by atoms with Gasteiger partial charge in [0.2, 0.25) is 0 Å². The summed E-state index contributed by atoms with van der Waals surface area (Å²) in [4.78, 5) is 5.85. The summed E-state index contributed by atoms with van der Waals surface area (Å²) in [7, 11) is 0. The molecule has 1 aliphatic rings. The van der Waals surface area contributed by atoms with E-state index in [4.69, 9.17) is 15.6 Å². The van der Waals surface area contributed by atoms with Gasteiger partial charge in [-0.15, -0.1) is 10.2 Å². The van der Waals surface area contributed by atoms with Crippen molar-refractivity contribution in [2.24, 2.45) is 5.73 Å². The Morgan fingerprint density at radius 2 is 2.00 bits per heavy atom. The third-order valence-electron chi connectivity index (χ3n) is 5.99. The molecule has 2 unspecified atom stereocenters. The molecular weight excluding hydrogens is 468 g/mol. The molecule has 184 valence electrons. The van der Waals surface area contributed by atoms with Crippen LogP contribution in [0.3, 0.4) is 0 Å². The third kappa shape index (κ3) is 4.51. The van der Waals surface area contributed by atoms with Crippen molar-refractivity contribution in [3.63, 3.8) is 0 Å². The van der Waals surface area contributed by atoms with Gasteiger partial charge in [-0.1, -0.05) is 12.1 Å². The van der Waals surface area contributed by atoms with Crippen molar-refractivity contribution in [3.8, 4) is 17.3 Å². The smallest absolute Gasteiger partial charge is 0.408 e. The Morgan fingerprint density at radius 1 is 1.17 bits per heavy atom. The number of aliphatic hydroxyl groups is 1. The number of hydrogen-bond donors (Lipinski definition) is 2. The lowest BCUT2D eigenvalue weighted by atomic mass is 10.1. The van der Waals surface area contributed by atoms with E-state index in [9.17, 15) is 17.6 Å². The molecule has 5 rings (SSSR count). The molecule has 0 radical (unpaired) electrons. The maximum atomic E-state index is 14.2. The van der Waals surface area contributed by atoms with Crippen molar-refractivity contribution in [2.75, 3.05) is 26.3 Å². The van der Waals surface area contributed by atoms with Crippen LogP contribution >= 0.6 is 0 Å². The topological polar surface area (TPSA) is 102 Å². The Hall–Kier alpha value is -3.35. The van der Waals surface area contributed by atoms with E-state index in [1.54, 1.807) is 12.1 Å². The lowest BCUT2D eigenvalue weighted by Crippen LogP contribution is -2.38. The highest BCUT2D eigenvalue weighted by Gasteiger charge is 2.46. The van der Waals surface area contributed by atoms with Crippen LogP contribution in [0, 0.1) is 5.82 Å². The Labute approximate surface area is 196 Å². The van der Waals surface area contributed by atoms with Gasteiger partial charge in [-0.2, -0.15) is 13.2 Å². The number of nitrogens with two attached hydrogens (primary N) is 1. The number of fused-ring (bicyclic) bond motifs is 2. The minimum absolute atomic E-state index is 0.0442. The first-order valence-electron chi connectivity index (χ1n) is 11.0. The Balaban J connectivity index is 1.57. The Bertz CT molecular complexity index is 1380. The molecule has 4 aromatic rings. The Morgan fingerprint density at radius 3 is 2.71 bits per heavy atom. The molecule has 4 heterocycles. The molecule has 1 saturated heterocycles. The number of aliphatic hydroxyl groups excluding tert-OH is 1. The summed E-state index contributed by atoms with van der Waals surface area (Å²) in [5.74, 6) is -0.427. The molecule has 12 heteroatoms. The number of ether oxygens (including phenoxy) is 1. The number of benzene rings is 1. The average Bonchev–Trinajstić information content (AvgIpc) is 3.42. The van der Waals surface area contributed by atoms with Crippen LogP contribution in [-0.2, 0) is 0 Å². The zero-order valence-electron chi connectivity index (χ0n) is 18.4. The van der Waals surface area contributed by atoms with Crippen molar-refractivity contribution in [1.29, 1.82) is 0 Å². The van der Waals surface area contributed by atoms with Crippen LogP contribution in [-0.4, -0.2) is 68.1 Å². The number of aromatic nitrogens is 4. The van der Waals surface area contributed by atoms with Crippen LogP contribution in [0.1, 0.15) is 18.0 Å². The van der Waals surface area contributed by atoms with Crippen LogP contribution in [0.5, 0.6) is 5.75 Å². The van der Waals surface area contributed by atoms with Gasteiger partial charge >= 0.3 is 6.18 Å². The average molecular weight is 490 g/mol. The number of pyridine rings is 2. The van der Waals surface area contributed by atoms with E-state index in [-0.39, 0.29) is 49.5 Å². The SMILES string of the molecule is NC1CCN(C(c2ccc3nnc(-c4ccc5cc(F)c(OCCO)cc5n4)n3c2)C(F)(F)F)C1. The summed E-state index contributed by atoms with van der Waals surface area (Å²) in [5, 5.41) is 17.6. The van der Waals surface area contributed by atoms with Crippen molar-refractivity contribution in [3.05, 3.63) is 54.0 Å². The van der Waals surface area contributed by atoms with Gasteiger partial charge in [0.1, 0.15) is 18.3 Å². The van der Waals surface area contributed by atoms with Gasteiger partial charge in [0.25, 0.3) is 0 Å². The van der Waals surface area contributed by atoms with E-state index >= 15 is 0 Å². The number of halogens is 4. The van der Waals surface area contributed by atoms with Crippen LogP contribution in [0.25, 0.3) is 28.1 Å². The fourth-order valence-electron chi connectivity index (χ4n) is 4.42. The quantitative estimate of drug-likeness (QED) is 0.401. The van der Waals surface area contributed by atoms with Crippen molar-refractivity contribution in [1.82, 2.24) is 24.5 Å². The van der Waals surface area contributed by atoms with Gasteiger partial charge in [-0.05, 0) is 30.2 Å². The van der Waals surface area contributed by atoms with Crippen molar-refractivity contribution >= 4 is 16.6 Å². The summed E-state index contributed by atoms with van der Waals surface area (Å²) < 4.78 is 63.1. The molecule has 1 aromatic carbocycles. The number of alkyl halides is 3. The molecule has 0 spiro atoms. The number of hydrogen-bond acceptors (Lipinski definition) is 7. The molecular formula is C23H22F4N6O2. The molecule has 8 nitrogen and oxygen atoms in total. The minimum atomic E-state index is -4.50. The van der Waals surface area contributed by atoms with Crippen molar-refractivity contribution < 1.29 is 27.4 Å². The normalized spacial score (nSPS) is 17.9. The van der Waals surface area contributed by atoms with E-state index in [0.717, 1.165) is 0 Å². The zero-order chi connectivity index (χ0) is 24.7. The Kier molecular flexibility index (Phi) is 6.03. The van der Waals surface area contributed by atoms with Gasteiger partial charge in [-0.25, -0.2) is 9.37 Å². The second-order valence-electron chi connectivity index (χ2n) is 8.45. The first-order chi connectivity index (χ1) is 16.7. The highest BCUT2D eigenvalue weighted by Crippen LogP contribution is 2.39. The predicted octanol–water partition coefficient (Wildman–Crippen LogP) is 3.09. The monoisotopic (exact) mass is 490 g/mol. The van der Waals surface area contributed by atoms with Crippen LogP contribution in [0.2, 0.25) is 0 Å². The summed E-state index contributed by atoms with van der Waals surface area (Å²) in [6, 6.07) is 6.66. The molecule has 35 heavy (non-hydrogen) atoms. The summed E-state index contributed by atoms with van der Waals surface area (Å²) >= 11 is 0. The lowest BCUT2D eigenvalue weighted by Gasteiger charge is -2.30. The largest absolute Gasteiger partial charge is 0.488 e. The number of rotatable bonds is 6. The first-order valence-corrected chi connectivity index (χ1v) is 11.0. The second kappa shape index (κ2) is 9.02. The first kappa shape index (κ1) is 23.4. The standard InChI is InChI=1S/C23H22F4N6O2/c24-16-9-13-1-3-17(29-18(13)10-19(16)35-8-7-34)22-31-30-20-4-2-14(11-33(20)22)21(23(25,26)27)32-6-5-15(28)12-32/h1-4,9-11,15,21,34H,5-8,12,28H2. The second-order valence-corrected chi connectivity index (χ2v) is 8.45. The summed E-state index contributed by atoms with van der Waals surface area (Å²) in [6.45, 7) is 0.0475. The lowest BCUT2D eigenvalue weighted by molar-refractivity contribution is -0.183. The molecule has 2 atom stereocenters. The van der Waals surface area contributed by atoms with Gasteiger partial charge in [0, 0.05) is 36.8 Å². The van der Waals surface area contributed by atoms with E-state index in [0.29, 0.717) is 28.7 Å². The molecule has 3 aromatic heterocycles. The molecule has 0 saturated carbocycles. The third-order valence-corrected chi connectivity index (χ3v) is 5.99. The summed E-state index contributed by atoms with van der Waals surface area (Å²) in [5.41, 5.74) is 7.00. The minimum Gasteiger partial charge on any atom is -0.488 e. The van der Waals surface area contributed by atoms with Crippen molar-refractivity contribution in [2.45, 2.75) is 24.7 Å². The van der Waals surface area contributed by atoms with E-state index in [1.165, 1.54) is 39.8 Å². The molecule has 1 aliphatic heterocycles. The van der Waals surface area contributed by atoms with Gasteiger partial charge in [-0.3, -0.25) is 9.30 Å². The van der Waals surface area contributed by atoms with Crippen LogP contribution in [0.15, 0.2) is 42.6 Å². The van der Waals surface area contributed by atoms with E-state index in [2.05, 4.69) is 15.2 Å². The number of nitrogens with zero attached hydrogens (tertiary/aromatic N) is 5. The molecule has 0 amide bonds. The van der Waals surface area contributed by atoms with Crippen LogP contribution in [0.4, 0.5) is 17.6 Å². The summed E-state index contributed by atoms with van der Waals surface area (Å²) in [6.07, 6.45) is -2.63. The maximum absolute atomic E-state index is 14.2. The van der Waals surface area contributed by atoms with Gasteiger partial charge < -0.3 is 15.6 Å². The maximum Gasteiger partial charge on any atom is 0.408 e. The zero-order valence-corrected chi connectivity index (χ0v) is 18.4. The molecule has 3 N–H and O–H groups in total. The van der Waals surface area contributed by atoms with Crippen LogP contribution < -0.4 is 10.5 Å². The van der Waals surface area contributed by atoms with E-state index in [1.807, 2.05) is 0 Å². The number of likely N-dealkylation sites (tertiary alicyclic amines) is 1. The molecule has 0 aliphatic carbocycles. The predicted molar refractivity (Wildman–Crippen MR) is 119 cm³/mol. The van der Waals surface area contributed by atoms with Gasteiger partial charge in [0.05, 0.1) is 12.1 Å². The molecule has 1 fully saturated rings. The highest BCUT2D eigenvalue weighted by atomic mass is 19.4. The fraction of sp³-hybridized carbons (Fsp3) is 0.348. The van der Waals surface area contributed by atoms with E-state index < -0.39 is 18.0 Å². The van der Waals surface area contributed by atoms with Gasteiger partial charge in [0.15, 0.2) is 23.0 Å². The molecule has 0 bridgehead atoms.